The van der Waals surface area contributed by atoms with E-state index in [4.69, 9.17) is 4.42 Å². The fourth-order valence-electron chi connectivity index (χ4n) is 2.21. The van der Waals surface area contributed by atoms with E-state index in [9.17, 15) is 4.79 Å². The fraction of sp³-hybridized carbons (Fsp3) is 0.214. The predicted octanol–water partition coefficient (Wildman–Crippen LogP) is 3.15. The molecule has 0 radical (unpaired) electrons. The van der Waals surface area contributed by atoms with Gasteiger partial charge in [0.1, 0.15) is 5.58 Å². The molecule has 0 aliphatic heterocycles. The number of fused-ring (bicyclic) bond motifs is 3. The zero-order chi connectivity index (χ0) is 12.0. The lowest BCUT2D eigenvalue weighted by molar-refractivity contribution is 0.658. The summed E-state index contributed by atoms with van der Waals surface area (Å²) in [5, 5.41) is 1.91. The maximum absolute atomic E-state index is 11.6. The summed E-state index contributed by atoms with van der Waals surface area (Å²) in [4.78, 5) is 14.4. The van der Waals surface area contributed by atoms with E-state index < -0.39 is 0 Å². The van der Waals surface area contributed by atoms with E-state index in [2.05, 4.69) is 4.98 Å². The first-order valence-electron chi connectivity index (χ1n) is 5.74. The topological polar surface area (TPSA) is 46.0 Å². The fourth-order valence-corrected chi connectivity index (χ4v) is 2.21. The van der Waals surface area contributed by atoms with Crippen molar-refractivity contribution in [3.63, 3.8) is 0 Å². The summed E-state index contributed by atoms with van der Waals surface area (Å²) in [6, 6.07) is 7.65. The maximum Gasteiger partial charge on any atom is 0.248 e. The molecule has 0 atom stereocenters. The molecule has 0 saturated carbocycles. The van der Waals surface area contributed by atoms with Gasteiger partial charge in [-0.15, -0.1) is 0 Å². The second-order valence-corrected chi connectivity index (χ2v) is 4.31. The lowest BCUT2D eigenvalue weighted by atomic mass is 10.1. The van der Waals surface area contributed by atoms with Crippen molar-refractivity contribution in [2.24, 2.45) is 0 Å². The van der Waals surface area contributed by atoms with E-state index in [-0.39, 0.29) is 5.56 Å². The molecule has 17 heavy (non-hydrogen) atoms. The van der Waals surface area contributed by atoms with Crippen molar-refractivity contribution in [3.05, 3.63) is 45.9 Å². The van der Waals surface area contributed by atoms with Gasteiger partial charge in [0.05, 0.1) is 5.69 Å². The summed E-state index contributed by atoms with van der Waals surface area (Å²) in [5.41, 5.74) is 3.58. The van der Waals surface area contributed by atoms with Crippen molar-refractivity contribution in [2.75, 3.05) is 0 Å². The standard InChI is InChI=1S/C14H13NO2/c1-3-11-14-10(7-13(16)15-11)9-5-4-8(2)6-12(9)17-14/h4-7H,3H2,1-2H3,(H,15,16). The van der Waals surface area contributed by atoms with Gasteiger partial charge in [-0.2, -0.15) is 0 Å². The summed E-state index contributed by atoms with van der Waals surface area (Å²) >= 11 is 0. The predicted molar refractivity (Wildman–Crippen MR) is 68.5 cm³/mol. The Bertz CT molecular complexity index is 765. The minimum Gasteiger partial charge on any atom is -0.454 e. The van der Waals surface area contributed by atoms with E-state index >= 15 is 0 Å². The van der Waals surface area contributed by atoms with Crippen molar-refractivity contribution in [2.45, 2.75) is 20.3 Å². The Morgan fingerprint density at radius 2 is 2.06 bits per heavy atom. The third-order valence-electron chi connectivity index (χ3n) is 3.06. The van der Waals surface area contributed by atoms with Crippen molar-refractivity contribution in [1.82, 2.24) is 4.98 Å². The highest BCUT2D eigenvalue weighted by atomic mass is 16.3. The summed E-state index contributed by atoms with van der Waals surface area (Å²) in [7, 11) is 0. The number of nitrogens with one attached hydrogen (secondary N) is 1. The second-order valence-electron chi connectivity index (χ2n) is 4.31. The van der Waals surface area contributed by atoms with Crippen LogP contribution in [0.4, 0.5) is 0 Å². The second kappa shape index (κ2) is 3.48. The maximum atomic E-state index is 11.6. The third-order valence-corrected chi connectivity index (χ3v) is 3.06. The normalized spacial score (nSPS) is 11.4. The smallest absolute Gasteiger partial charge is 0.248 e. The van der Waals surface area contributed by atoms with Gasteiger partial charge in [-0.05, 0) is 25.0 Å². The number of hydrogen-bond acceptors (Lipinski definition) is 2. The molecule has 2 aromatic heterocycles. The van der Waals surface area contributed by atoms with E-state index in [1.54, 1.807) is 6.07 Å². The number of benzene rings is 1. The first-order valence-corrected chi connectivity index (χ1v) is 5.74. The molecule has 0 aliphatic rings. The Hall–Kier alpha value is -2.03. The lowest BCUT2D eigenvalue weighted by Crippen LogP contribution is -2.06. The van der Waals surface area contributed by atoms with Gasteiger partial charge in [0.25, 0.3) is 0 Å². The average molecular weight is 227 g/mol. The number of aryl methyl sites for hydroxylation is 2. The molecule has 2 heterocycles. The van der Waals surface area contributed by atoms with Gasteiger partial charge in [0, 0.05) is 16.8 Å². The monoisotopic (exact) mass is 227 g/mol. The number of pyridine rings is 1. The number of furan rings is 1. The van der Waals surface area contributed by atoms with E-state index in [0.717, 1.165) is 39.6 Å². The molecule has 0 spiro atoms. The lowest BCUT2D eigenvalue weighted by Gasteiger charge is -1.96. The molecule has 0 aliphatic carbocycles. The molecular formula is C14H13NO2. The van der Waals surface area contributed by atoms with E-state index in [1.165, 1.54) is 0 Å². The molecular weight excluding hydrogens is 214 g/mol. The van der Waals surface area contributed by atoms with Crippen LogP contribution in [-0.4, -0.2) is 4.98 Å². The largest absolute Gasteiger partial charge is 0.454 e. The summed E-state index contributed by atoms with van der Waals surface area (Å²) in [6.45, 7) is 4.03. The van der Waals surface area contributed by atoms with Gasteiger partial charge in [-0.3, -0.25) is 4.79 Å². The summed E-state index contributed by atoms with van der Waals surface area (Å²) < 4.78 is 5.84. The number of H-pyrrole nitrogens is 1. The van der Waals surface area contributed by atoms with Crippen LogP contribution in [0.3, 0.4) is 0 Å². The number of hydrogen-bond donors (Lipinski definition) is 1. The Morgan fingerprint density at radius 1 is 1.24 bits per heavy atom. The van der Waals surface area contributed by atoms with Crippen molar-refractivity contribution in [3.8, 4) is 0 Å². The highest BCUT2D eigenvalue weighted by Crippen LogP contribution is 2.29. The van der Waals surface area contributed by atoms with Crippen LogP contribution in [0.2, 0.25) is 0 Å². The van der Waals surface area contributed by atoms with Crippen molar-refractivity contribution in [1.29, 1.82) is 0 Å². The average Bonchev–Trinajstić information content (AvgIpc) is 2.65. The highest BCUT2D eigenvalue weighted by Gasteiger charge is 2.11. The summed E-state index contributed by atoms with van der Waals surface area (Å²) in [5.74, 6) is 0. The minimum absolute atomic E-state index is 0.0716. The van der Waals surface area contributed by atoms with Crippen LogP contribution in [-0.2, 0) is 6.42 Å². The molecule has 0 saturated heterocycles. The van der Waals surface area contributed by atoms with E-state index in [1.807, 2.05) is 32.0 Å². The zero-order valence-electron chi connectivity index (χ0n) is 9.83. The summed E-state index contributed by atoms with van der Waals surface area (Å²) in [6.07, 6.45) is 0.755. The molecule has 3 rings (SSSR count). The van der Waals surface area contributed by atoms with Crippen LogP contribution >= 0.6 is 0 Å². The first-order chi connectivity index (χ1) is 8.19. The molecule has 3 aromatic rings. The molecule has 0 amide bonds. The van der Waals surface area contributed by atoms with Gasteiger partial charge in [-0.1, -0.05) is 19.1 Å². The van der Waals surface area contributed by atoms with Gasteiger partial charge in [0.2, 0.25) is 5.56 Å². The molecule has 1 aromatic carbocycles. The SMILES string of the molecule is CCc1[nH]c(=O)cc2c1oc1cc(C)ccc12. The molecule has 0 bridgehead atoms. The minimum atomic E-state index is -0.0716. The van der Waals surface area contributed by atoms with Gasteiger partial charge in [-0.25, -0.2) is 0 Å². The van der Waals surface area contributed by atoms with Gasteiger partial charge >= 0.3 is 0 Å². The highest BCUT2D eigenvalue weighted by molar-refractivity contribution is 6.05. The first kappa shape index (κ1) is 10.1. The van der Waals surface area contributed by atoms with Crippen molar-refractivity contribution >= 4 is 21.9 Å². The van der Waals surface area contributed by atoms with Gasteiger partial charge < -0.3 is 9.40 Å². The van der Waals surface area contributed by atoms with Gasteiger partial charge in [0.15, 0.2) is 5.58 Å². The van der Waals surface area contributed by atoms with Crippen molar-refractivity contribution < 1.29 is 4.42 Å². The molecule has 1 N–H and O–H groups in total. The quantitative estimate of drug-likeness (QED) is 0.694. The Labute approximate surface area is 98.1 Å². The number of aromatic amines is 1. The number of rotatable bonds is 1. The molecule has 0 unspecified atom stereocenters. The zero-order valence-corrected chi connectivity index (χ0v) is 9.83. The number of aromatic nitrogens is 1. The Balaban J connectivity index is 2.55. The molecule has 86 valence electrons. The van der Waals surface area contributed by atoms with Crippen LogP contribution in [0, 0.1) is 6.92 Å². The molecule has 0 fully saturated rings. The van der Waals surface area contributed by atoms with Crippen LogP contribution in [0.25, 0.3) is 21.9 Å². The third kappa shape index (κ3) is 1.46. The Morgan fingerprint density at radius 3 is 2.82 bits per heavy atom. The van der Waals surface area contributed by atoms with Crippen LogP contribution in [0.5, 0.6) is 0 Å². The van der Waals surface area contributed by atoms with Crippen LogP contribution < -0.4 is 5.56 Å². The molecule has 3 nitrogen and oxygen atoms in total. The van der Waals surface area contributed by atoms with Crippen LogP contribution in [0.15, 0.2) is 33.5 Å². The van der Waals surface area contributed by atoms with Crippen LogP contribution in [0.1, 0.15) is 18.2 Å². The van der Waals surface area contributed by atoms with E-state index in [0.29, 0.717) is 0 Å². The molecule has 3 heteroatoms. The Kier molecular flexibility index (Phi) is 2.08.